The molecule has 0 aromatic carbocycles. The first-order valence-electron chi connectivity index (χ1n) is 1.03. The van der Waals surface area contributed by atoms with Gasteiger partial charge in [0.15, 0.2) is 0 Å². The second-order valence-corrected chi connectivity index (χ2v) is 0.468. The highest BCUT2D eigenvalue weighted by Gasteiger charge is 1.69. The molecule has 0 bridgehead atoms. The van der Waals surface area contributed by atoms with Gasteiger partial charge in [-0.3, -0.25) is 10.1 Å². The van der Waals surface area contributed by atoms with Crippen LogP contribution in [0.2, 0.25) is 0 Å². The van der Waals surface area contributed by atoms with Gasteiger partial charge < -0.3 is 0 Å². The Balaban J connectivity index is 0. The molecule has 0 heterocycles. The molecule has 6 heavy (non-hydrogen) atoms. The van der Waals surface area contributed by atoms with E-state index in [0.717, 1.165) is 0 Å². The number of nitrogens with zero attached hydrogens (tertiary/aromatic N) is 1. The van der Waals surface area contributed by atoms with E-state index >= 15 is 0 Å². The monoisotopic (exact) mass is 89.0 g/mol. The minimum atomic E-state index is -0.611. The van der Waals surface area contributed by atoms with Crippen LogP contribution < -0.4 is 0 Å². The van der Waals surface area contributed by atoms with Gasteiger partial charge in [0.05, 0.1) is 4.92 Å². The van der Waals surface area contributed by atoms with Crippen molar-refractivity contribution in [2.75, 3.05) is 0 Å². The molecule has 0 aromatic rings. The van der Waals surface area contributed by atoms with E-state index in [2.05, 4.69) is 6.58 Å². The number of hydrogen-bond donors (Lipinski definition) is 0. The molecule has 0 aliphatic carbocycles. The van der Waals surface area contributed by atoms with Crippen molar-refractivity contribution in [2.45, 2.75) is 7.43 Å². The third kappa shape index (κ3) is 11.1. The largest absolute Gasteiger partial charge is 0.259 e. The van der Waals surface area contributed by atoms with Crippen molar-refractivity contribution >= 4 is 0 Å². The van der Waals surface area contributed by atoms with Crippen LogP contribution in [0.15, 0.2) is 12.8 Å². The van der Waals surface area contributed by atoms with Crippen molar-refractivity contribution in [3.05, 3.63) is 22.9 Å². The zero-order valence-electron chi connectivity index (χ0n) is 2.55. The van der Waals surface area contributed by atoms with E-state index in [0.29, 0.717) is 6.20 Å². The van der Waals surface area contributed by atoms with Crippen molar-refractivity contribution in [3.63, 3.8) is 0 Å². The molecule has 0 aliphatic heterocycles. The highest BCUT2D eigenvalue weighted by molar-refractivity contribution is 4.43. The Labute approximate surface area is 36.4 Å². The van der Waals surface area contributed by atoms with Crippen LogP contribution in [-0.4, -0.2) is 4.92 Å². The van der Waals surface area contributed by atoms with Gasteiger partial charge in [-0.15, -0.1) is 0 Å². The molecule has 0 aromatic heterocycles. The second kappa shape index (κ2) is 4.14. The van der Waals surface area contributed by atoms with Crippen LogP contribution >= 0.6 is 0 Å². The van der Waals surface area contributed by atoms with Crippen molar-refractivity contribution < 1.29 is 4.92 Å². The molecule has 3 heteroatoms. The Morgan fingerprint density at radius 1 is 1.83 bits per heavy atom. The molecular weight excluding hydrogens is 82.0 g/mol. The van der Waals surface area contributed by atoms with Crippen LogP contribution in [0.25, 0.3) is 0 Å². The van der Waals surface area contributed by atoms with Gasteiger partial charge in [-0.25, -0.2) is 0 Å². The molecule has 0 rings (SSSR count). The predicted octanol–water partition coefficient (Wildman–Crippen LogP) is 1.04. The van der Waals surface area contributed by atoms with Gasteiger partial charge in [-0.2, -0.15) is 0 Å². The molecule has 0 spiro atoms. The molecule has 0 fully saturated rings. The maximum Gasteiger partial charge on any atom is 0.227 e. The SMILES string of the molecule is C.C=C[N+](=O)[O-]. The summed E-state index contributed by atoms with van der Waals surface area (Å²) in [6.45, 7) is 2.86. The molecule has 3 nitrogen and oxygen atoms in total. The quantitative estimate of drug-likeness (QED) is 0.356. The van der Waals surface area contributed by atoms with Gasteiger partial charge in [0.1, 0.15) is 0 Å². The van der Waals surface area contributed by atoms with Gasteiger partial charge in [0.25, 0.3) is 0 Å². The fourth-order valence-corrected chi connectivity index (χ4v) is 0. The van der Waals surface area contributed by atoms with Crippen molar-refractivity contribution in [1.82, 2.24) is 0 Å². The molecule has 0 N–H and O–H groups in total. The topological polar surface area (TPSA) is 43.1 Å². The van der Waals surface area contributed by atoms with E-state index < -0.39 is 4.92 Å². The summed E-state index contributed by atoms with van der Waals surface area (Å²) in [7, 11) is 0. The number of rotatable bonds is 1. The van der Waals surface area contributed by atoms with Gasteiger partial charge in [-0.1, -0.05) is 7.43 Å². The Kier molecular flexibility index (Phi) is 6.17. The number of hydrogen-bond acceptors (Lipinski definition) is 2. The summed E-state index contributed by atoms with van der Waals surface area (Å²) in [6.07, 6.45) is 0.639. The summed E-state index contributed by atoms with van der Waals surface area (Å²) in [4.78, 5) is 8.44. The van der Waals surface area contributed by atoms with Crippen LogP contribution in [0.1, 0.15) is 7.43 Å². The molecule has 0 atom stereocenters. The fourth-order valence-electron chi connectivity index (χ4n) is 0. The molecule has 0 radical (unpaired) electrons. The molecule has 36 valence electrons. The summed E-state index contributed by atoms with van der Waals surface area (Å²) in [6, 6.07) is 0. The highest BCUT2D eigenvalue weighted by Crippen LogP contribution is 1.57. The van der Waals surface area contributed by atoms with Crippen LogP contribution in [0, 0.1) is 10.1 Å². The van der Waals surface area contributed by atoms with E-state index in [9.17, 15) is 0 Å². The molecule has 0 saturated heterocycles. The van der Waals surface area contributed by atoms with E-state index in [1.807, 2.05) is 0 Å². The normalized spacial score (nSPS) is 5.33. The summed E-state index contributed by atoms with van der Waals surface area (Å²) in [5, 5.41) is 9.06. The molecule has 0 unspecified atom stereocenters. The Morgan fingerprint density at radius 2 is 2.00 bits per heavy atom. The summed E-state index contributed by atoms with van der Waals surface area (Å²) >= 11 is 0. The first-order chi connectivity index (χ1) is 2.27. The third-order valence-corrected chi connectivity index (χ3v) is 0.149. The molecule has 0 aliphatic rings. The Morgan fingerprint density at radius 3 is 2.00 bits per heavy atom. The van der Waals surface area contributed by atoms with Gasteiger partial charge in [0.2, 0.25) is 6.20 Å². The van der Waals surface area contributed by atoms with Gasteiger partial charge in [-0.05, 0) is 6.58 Å². The molecular formula is C3H7NO2. The lowest BCUT2D eigenvalue weighted by atomic mass is 11.1. The zero-order chi connectivity index (χ0) is 4.28. The summed E-state index contributed by atoms with van der Waals surface area (Å²) in [5.41, 5.74) is 0. The zero-order valence-corrected chi connectivity index (χ0v) is 2.55. The third-order valence-electron chi connectivity index (χ3n) is 0.149. The van der Waals surface area contributed by atoms with E-state index in [4.69, 9.17) is 10.1 Å². The number of nitro groups is 1. The predicted molar refractivity (Wildman–Crippen MR) is 23.9 cm³/mol. The second-order valence-electron chi connectivity index (χ2n) is 0.468. The van der Waals surface area contributed by atoms with Gasteiger partial charge >= 0.3 is 0 Å². The maximum absolute atomic E-state index is 9.06. The van der Waals surface area contributed by atoms with Gasteiger partial charge in [0, 0.05) is 0 Å². The highest BCUT2D eigenvalue weighted by atomic mass is 16.6. The van der Waals surface area contributed by atoms with Crippen LogP contribution in [-0.2, 0) is 0 Å². The van der Waals surface area contributed by atoms with Crippen molar-refractivity contribution in [2.24, 2.45) is 0 Å². The van der Waals surface area contributed by atoms with E-state index in [1.165, 1.54) is 0 Å². The Bertz CT molecular complexity index is 59.8. The van der Waals surface area contributed by atoms with Crippen molar-refractivity contribution in [1.29, 1.82) is 0 Å². The summed E-state index contributed by atoms with van der Waals surface area (Å²) < 4.78 is 0. The lowest BCUT2D eigenvalue weighted by Crippen LogP contribution is -1.77. The molecule has 0 saturated carbocycles. The Hall–Kier alpha value is -0.860. The first-order valence-corrected chi connectivity index (χ1v) is 1.03. The summed E-state index contributed by atoms with van der Waals surface area (Å²) in [5.74, 6) is 0. The van der Waals surface area contributed by atoms with Crippen LogP contribution in [0.5, 0.6) is 0 Å². The average Bonchev–Trinajstić information content (AvgIpc) is 1.38. The maximum atomic E-state index is 9.06. The standard InChI is InChI=1S/C2H3NO2.CH4/c1-2-3(4)5;/h2H,1H2;1H4. The average molecular weight is 89.1 g/mol. The lowest BCUT2D eigenvalue weighted by Gasteiger charge is -1.65. The minimum Gasteiger partial charge on any atom is -0.259 e. The van der Waals surface area contributed by atoms with E-state index in [-0.39, 0.29) is 7.43 Å². The lowest BCUT2D eigenvalue weighted by molar-refractivity contribution is -0.401. The van der Waals surface area contributed by atoms with Crippen LogP contribution in [0.4, 0.5) is 0 Å². The van der Waals surface area contributed by atoms with E-state index in [1.54, 1.807) is 0 Å². The first kappa shape index (κ1) is 8.94. The fraction of sp³-hybridized carbons (Fsp3) is 0.333. The van der Waals surface area contributed by atoms with Crippen LogP contribution in [0.3, 0.4) is 0 Å². The molecule has 0 amide bonds. The smallest absolute Gasteiger partial charge is 0.227 e. The minimum absolute atomic E-state index is 0. The van der Waals surface area contributed by atoms with Crippen molar-refractivity contribution in [3.8, 4) is 0 Å².